The normalized spacial score (nSPS) is 10.5. The lowest BCUT2D eigenvalue weighted by Gasteiger charge is -2.15. The molecule has 0 saturated heterocycles. The summed E-state index contributed by atoms with van der Waals surface area (Å²) in [7, 11) is 0. The molecule has 0 atom stereocenters. The molecule has 3 nitrogen and oxygen atoms in total. The van der Waals surface area contributed by atoms with Crippen LogP contribution in [0.3, 0.4) is 0 Å². The minimum absolute atomic E-state index is 0.167. The summed E-state index contributed by atoms with van der Waals surface area (Å²) in [6.45, 7) is 4.60. The van der Waals surface area contributed by atoms with Crippen molar-refractivity contribution < 1.29 is 9.53 Å². The zero-order chi connectivity index (χ0) is 19.9. The molecule has 0 aromatic heterocycles. The van der Waals surface area contributed by atoms with Crippen molar-refractivity contribution in [2.45, 2.75) is 26.7 Å². The first kappa shape index (κ1) is 20.2. The summed E-state index contributed by atoms with van der Waals surface area (Å²) >= 11 is 3.46. The third-order valence-corrected chi connectivity index (χ3v) is 5.15. The standard InChI is InChI=1S/C24H24BrNO2/c1-3-19-11-7-8-17(2)23(19)26-24(27)21-16-20(25)12-13-22(21)28-15-14-18-9-5-4-6-10-18/h4-13,16H,3,14-15H2,1-2H3,(H,26,27). The smallest absolute Gasteiger partial charge is 0.259 e. The maximum Gasteiger partial charge on any atom is 0.259 e. The Labute approximate surface area is 174 Å². The van der Waals surface area contributed by atoms with Crippen LogP contribution in [-0.2, 0) is 12.8 Å². The van der Waals surface area contributed by atoms with Gasteiger partial charge < -0.3 is 10.1 Å². The lowest BCUT2D eigenvalue weighted by atomic mass is 10.1. The molecule has 1 amide bonds. The van der Waals surface area contributed by atoms with Crippen LogP contribution in [0.15, 0.2) is 71.2 Å². The van der Waals surface area contributed by atoms with Crippen molar-refractivity contribution in [2.24, 2.45) is 0 Å². The van der Waals surface area contributed by atoms with Crippen LogP contribution in [0.25, 0.3) is 0 Å². The molecule has 0 heterocycles. The average Bonchev–Trinajstić information content (AvgIpc) is 2.71. The van der Waals surface area contributed by atoms with E-state index in [2.05, 4.69) is 40.3 Å². The van der Waals surface area contributed by atoms with Crippen LogP contribution in [0, 0.1) is 6.92 Å². The van der Waals surface area contributed by atoms with Gasteiger partial charge in [0.2, 0.25) is 0 Å². The molecule has 3 aromatic carbocycles. The number of hydrogen-bond acceptors (Lipinski definition) is 2. The largest absolute Gasteiger partial charge is 0.492 e. The van der Waals surface area contributed by atoms with E-state index in [1.165, 1.54) is 5.56 Å². The number of benzene rings is 3. The van der Waals surface area contributed by atoms with E-state index in [0.717, 1.165) is 34.1 Å². The van der Waals surface area contributed by atoms with E-state index < -0.39 is 0 Å². The number of hydrogen-bond donors (Lipinski definition) is 1. The second kappa shape index (κ2) is 9.56. The molecule has 0 aliphatic heterocycles. The van der Waals surface area contributed by atoms with Crippen molar-refractivity contribution in [2.75, 3.05) is 11.9 Å². The fraction of sp³-hybridized carbons (Fsp3) is 0.208. The predicted octanol–water partition coefficient (Wildman–Crippen LogP) is 6.19. The predicted molar refractivity (Wildman–Crippen MR) is 118 cm³/mol. The zero-order valence-electron chi connectivity index (χ0n) is 16.2. The first-order valence-corrected chi connectivity index (χ1v) is 10.2. The number of halogens is 1. The number of anilines is 1. The fourth-order valence-electron chi connectivity index (χ4n) is 3.11. The fourth-order valence-corrected chi connectivity index (χ4v) is 3.47. The monoisotopic (exact) mass is 437 g/mol. The van der Waals surface area contributed by atoms with Crippen molar-refractivity contribution in [3.63, 3.8) is 0 Å². The maximum atomic E-state index is 13.0. The summed E-state index contributed by atoms with van der Waals surface area (Å²) in [4.78, 5) is 13.0. The topological polar surface area (TPSA) is 38.3 Å². The lowest BCUT2D eigenvalue weighted by molar-refractivity contribution is 0.102. The minimum Gasteiger partial charge on any atom is -0.492 e. The van der Waals surface area contributed by atoms with Gasteiger partial charge in [0.1, 0.15) is 5.75 Å². The van der Waals surface area contributed by atoms with Gasteiger partial charge in [-0.1, -0.05) is 71.4 Å². The van der Waals surface area contributed by atoms with Crippen LogP contribution in [0.5, 0.6) is 5.75 Å². The molecule has 144 valence electrons. The number of nitrogens with one attached hydrogen (secondary N) is 1. The zero-order valence-corrected chi connectivity index (χ0v) is 17.8. The Balaban J connectivity index is 1.77. The van der Waals surface area contributed by atoms with E-state index in [4.69, 9.17) is 4.74 Å². The van der Waals surface area contributed by atoms with Crippen LogP contribution >= 0.6 is 15.9 Å². The van der Waals surface area contributed by atoms with Crippen molar-refractivity contribution in [3.8, 4) is 5.75 Å². The van der Waals surface area contributed by atoms with E-state index >= 15 is 0 Å². The number of para-hydroxylation sites is 1. The summed E-state index contributed by atoms with van der Waals surface area (Å²) in [6.07, 6.45) is 1.64. The maximum absolute atomic E-state index is 13.0. The number of rotatable bonds is 7. The van der Waals surface area contributed by atoms with Gasteiger partial charge in [-0.3, -0.25) is 4.79 Å². The van der Waals surface area contributed by atoms with Crippen molar-refractivity contribution in [1.82, 2.24) is 0 Å². The minimum atomic E-state index is -0.167. The molecular weight excluding hydrogens is 414 g/mol. The quantitative estimate of drug-likeness (QED) is 0.478. The highest BCUT2D eigenvalue weighted by Crippen LogP contribution is 2.27. The molecule has 3 rings (SSSR count). The van der Waals surface area contributed by atoms with Gasteiger partial charge in [0.25, 0.3) is 5.91 Å². The third-order valence-electron chi connectivity index (χ3n) is 4.66. The van der Waals surface area contributed by atoms with Crippen LogP contribution < -0.4 is 10.1 Å². The Morgan fingerprint density at radius 2 is 1.82 bits per heavy atom. The van der Waals surface area contributed by atoms with Crippen molar-refractivity contribution in [1.29, 1.82) is 0 Å². The molecule has 0 aliphatic carbocycles. The highest BCUT2D eigenvalue weighted by Gasteiger charge is 2.16. The SMILES string of the molecule is CCc1cccc(C)c1NC(=O)c1cc(Br)ccc1OCCc1ccccc1. The van der Waals surface area contributed by atoms with Crippen LogP contribution in [0.4, 0.5) is 5.69 Å². The molecule has 0 spiro atoms. The third kappa shape index (κ3) is 5.02. The molecule has 28 heavy (non-hydrogen) atoms. The van der Waals surface area contributed by atoms with Crippen LogP contribution in [-0.4, -0.2) is 12.5 Å². The Kier molecular flexibility index (Phi) is 6.88. The summed E-state index contributed by atoms with van der Waals surface area (Å²) in [5.74, 6) is 0.420. The van der Waals surface area contributed by atoms with Crippen molar-refractivity contribution in [3.05, 3.63) is 93.5 Å². The highest BCUT2D eigenvalue weighted by molar-refractivity contribution is 9.10. The number of amides is 1. The number of carbonyl (C=O) groups excluding carboxylic acids is 1. The average molecular weight is 438 g/mol. The van der Waals surface area contributed by atoms with Gasteiger partial charge in [-0.15, -0.1) is 0 Å². The van der Waals surface area contributed by atoms with Gasteiger partial charge in [0, 0.05) is 16.6 Å². The van der Waals surface area contributed by atoms with Gasteiger partial charge in [-0.05, 0) is 48.2 Å². The van der Waals surface area contributed by atoms with E-state index in [-0.39, 0.29) is 5.91 Å². The molecule has 0 bridgehead atoms. The van der Waals surface area contributed by atoms with Gasteiger partial charge in [-0.2, -0.15) is 0 Å². The van der Waals surface area contributed by atoms with Gasteiger partial charge in [-0.25, -0.2) is 0 Å². The second-order valence-electron chi connectivity index (χ2n) is 6.64. The molecule has 0 aliphatic rings. The van der Waals surface area contributed by atoms with Crippen LogP contribution in [0.1, 0.15) is 34.0 Å². The van der Waals surface area contributed by atoms with E-state index in [0.29, 0.717) is 17.9 Å². The number of aryl methyl sites for hydroxylation is 2. The molecule has 3 aromatic rings. The summed E-state index contributed by atoms with van der Waals surface area (Å²) in [6, 6.07) is 21.8. The first-order valence-electron chi connectivity index (χ1n) is 9.44. The Hall–Kier alpha value is -2.59. The second-order valence-corrected chi connectivity index (χ2v) is 7.56. The van der Waals surface area contributed by atoms with E-state index in [1.54, 1.807) is 6.07 Å². The van der Waals surface area contributed by atoms with E-state index in [1.807, 2.05) is 55.5 Å². The van der Waals surface area contributed by atoms with Gasteiger partial charge >= 0.3 is 0 Å². The van der Waals surface area contributed by atoms with E-state index in [9.17, 15) is 4.79 Å². The first-order chi connectivity index (χ1) is 13.6. The number of ether oxygens (including phenoxy) is 1. The molecule has 0 radical (unpaired) electrons. The molecule has 0 fully saturated rings. The molecule has 0 saturated carbocycles. The van der Waals surface area contributed by atoms with Crippen molar-refractivity contribution >= 4 is 27.5 Å². The Bertz CT molecular complexity index is 954. The van der Waals surface area contributed by atoms with Crippen LogP contribution in [0.2, 0.25) is 0 Å². The summed E-state index contributed by atoms with van der Waals surface area (Å²) in [5, 5.41) is 3.08. The molecule has 4 heteroatoms. The molecule has 1 N–H and O–H groups in total. The highest BCUT2D eigenvalue weighted by atomic mass is 79.9. The molecular formula is C24H24BrNO2. The number of carbonyl (C=O) groups is 1. The molecule has 0 unspecified atom stereocenters. The van der Waals surface area contributed by atoms with Gasteiger partial charge in [0.05, 0.1) is 12.2 Å². The summed E-state index contributed by atoms with van der Waals surface area (Å²) < 4.78 is 6.80. The Morgan fingerprint density at radius 3 is 2.57 bits per heavy atom. The van der Waals surface area contributed by atoms with Gasteiger partial charge in [0.15, 0.2) is 0 Å². The Morgan fingerprint density at radius 1 is 1.04 bits per heavy atom. The summed E-state index contributed by atoms with van der Waals surface area (Å²) in [5.41, 5.74) is 4.78. The lowest BCUT2D eigenvalue weighted by Crippen LogP contribution is -2.16.